The van der Waals surface area contributed by atoms with Gasteiger partial charge in [-0.05, 0) is 18.2 Å². The molecule has 1 unspecified atom stereocenters. The van der Waals surface area contributed by atoms with E-state index in [9.17, 15) is 5.11 Å². The van der Waals surface area contributed by atoms with Gasteiger partial charge in [0.1, 0.15) is 6.07 Å². The molecule has 0 aliphatic carbocycles. The fraction of sp³-hybridized carbons (Fsp3) is 0.500. The molecule has 1 aliphatic heterocycles. The van der Waals surface area contributed by atoms with Crippen LogP contribution >= 0.6 is 15.9 Å². The summed E-state index contributed by atoms with van der Waals surface area (Å²) in [6, 6.07) is 7.61. The van der Waals surface area contributed by atoms with Gasteiger partial charge in [-0.15, -0.1) is 0 Å². The second-order valence-electron chi connectivity index (χ2n) is 4.75. The third kappa shape index (κ3) is 4.46. The third-order valence-electron chi connectivity index (χ3n) is 3.20. The lowest BCUT2D eigenvalue weighted by molar-refractivity contribution is 0.0171. The topological polar surface area (TPSA) is 68.5 Å². The van der Waals surface area contributed by atoms with Gasteiger partial charge in [0.05, 0.1) is 30.6 Å². The van der Waals surface area contributed by atoms with Gasteiger partial charge in [0.25, 0.3) is 0 Å². The average molecular weight is 340 g/mol. The van der Waals surface area contributed by atoms with E-state index in [1.165, 1.54) is 0 Å². The van der Waals surface area contributed by atoms with Crippen LogP contribution in [-0.4, -0.2) is 55.5 Å². The van der Waals surface area contributed by atoms with Crippen LogP contribution in [0.5, 0.6) is 0 Å². The van der Waals surface area contributed by atoms with Crippen LogP contribution in [0.4, 0.5) is 5.69 Å². The normalized spacial score (nSPS) is 17.4. The summed E-state index contributed by atoms with van der Waals surface area (Å²) in [7, 11) is 0. The molecule has 0 radical (unpaired) electrons. The largest absolute Gasteiger partial charge is 0.390 e. The molecule has 0 aromatic heterocycles. The molecule has 2 N–H and O–H groups in total. The standard InChI is InChI=1S/C14H18BrN3O2/c15-12-1-2-14(11(7-12)8-16)17-9-13(19)10-18-3-5-20-6-4-18/h1-2,7,13,17,19H,3-6,9-10H2. The number of aliphatic hydroxyl groups excluding tert-OH is 1. The molecule has 108 valence electrons. The lowest BCUT2D eigenvalue weighted by atomic mass is 10.2. The molecule has 1 fully saturated rings. The number of hydrogen-bond donors (Lipinski definition) is 2. The first-order valence-corrected chi connectivity index (χ1v) is 7.40. The SMILES string of the molecule is N#Cc1cc(Br)ccc1NCC(O)CN1CCOCC1. The predicted molar refractivity (Wildman–Crippen MR) is 80.6 cm³/mol. The number of β-amino-alcohol motifs (C(OH)–C–C–N with tert-alkyl or cyclic N) is 1. The first-order chi connectivity index (χ1) is 9.69. The van der Waals surface area contributed by atoms with Gasteiger partial charge in [-0.25, -0.2) is 0 Å². The molecular formula is C14H18BrN3O2. The Morgan fingerprint density at radius 1 is 1.45 bits per heavy atom. The molecule has 20 heavy (non-hydrogen) atoms. The average Bonchev–Trinajstić information content (AvgIpc) is 2.47. The van der Waals surface area contributed by atoms with Gasteiger partial charge < -0.3 is 15.2 Å². The molecule has 2 rings (SSSR count). The van der Waals surface area contributed by atoms with E-state index in [2.05, 4.69) is 32.2 Å². The highest BCUT2D eigenvalue weighted by Crippen LogP contribution is 2.20. The lowest BCUT2D eigenvalue weighted by Crippen LogP contribution is -2.42. The number of halogens is 1. The van der Waals surface area contributed by atoms with Crippen molar-refractivity contribution in [2.45, 2.75) is 6.10 Å². The van der Waals surface area contributed by atoms with Gasteiger partial charge >= 0.3 is 0 Å². The van der Waals surface area contributed by atoms with Gasteiger partial charge in [0.2, 0.25) is 0 Å². The van der Waals surface area contributed by atoms with Crippen LogP contribution in [0, 0.1) is 11.3 Å². The second-order valence-corrected chi connectivity index (χ2v) is 5.67. The van der Waals surface area contributed by atoms with Crippen molar-refractivity contribution in [1.29, 1.82) is 5.26 Å². The van der Waals surface area contributed by atoms with Crippen LogP contribution in [-0.2, 0) is 4.74 Å². The van der Waals surface area contributed by atoms with Gasteiger partial charge in [0.15, 0.2) is 0 Å². The fourth-order valence-corrected chi connectivity index (χ4v) is 2.50. The maximum atomic E-state index is 10.0. The van der Waals surface area contributed by atoms with Crippen molar-refractivity contribution in [3.8, 4) is 6.07 Å². The lowest BCUT2D eigenvalue weighted by Gasteiger charge is -2.28. The number of benzene rings is 1. The number of rotatable bonds is 5. The van der Waals surface area contributed by atoms with Crippen molar-refractivity contribution in [1.82, 2.24) is 4.90 Å². The number of morpholine rings is 1. The van der Waals surface area contributed by atoms with Crippen molar-refractivity contribution < 1.29 is 9.84 Å². The number of anilines is 1. The van der Waals surface area contributed by atoms with Crippen molar-refractivity contribution in [2.24, 2.45) is 0 Å². The fourth-order valence-electron chi connectivity index (χ4n) is 2.14. The van der Waals surface area contributed by atoms with Crippen molar-refractivity contribution in [2.75, 3.05) is 44.7 Å². The van der Waals surface area contributed by atoms with E-state index in [0.29, 0.717) is 18.7 Å². The highest BCUT2D eigenvalue weighted by atomic mass is 79.9. The van der Waals surface area contributed by atoms with Crippen LogP contribution in [0.2, 0.25) is 0 Å². The maximum absolute atomic E-state index is 10.0. The molecule has 0 amide bonds. The number of ether oxygens (including phenoxy) is 1. The number of nitriles is 1. The Balaban J connectivity index is 1.83. The zero-order valence-corrected chi connectivity index (χ0v) is 12.8. The summed E-state index contributed by atoms with van der Waals surface area (Å²) in [6.07, 6.45) is -0.469. The van der Waals surface area contributed by atoms with Crippen LogP contribution < -0.4 is 5.32 Å². The summed E-state index contributed by atoms with van der Waals surface area (Å²) < 4.78 is 6.14. The number of nitrogens with one attached hydrogen (secondary N) is 1. The monoisotopic (exact) mass is 339 g/mol. The van der Waals surface area contributed by atoms with Crippen LogP contribution in [0.25, 0.3) is 0 Å². The summed E-state index contributed by atoms with van der Waals surface area (Å²) >= 11 is 3.34. The highest BCUT2D eigenvalue weighted by Gasteiger charge is 2.15. The Kier molecular flexibility index (Phi) is 5.80. The Hall–Kier alpha value is -1.13. The molecule has 5 nitrogen and oxygen atoms in total. The molecule has 0 saturated carbocycles. The minimum absolute atomic E-state index is 0.424. The maximum Gasteiger partial charge on any atom is 0.101 e. The smallest absolute Gasteiger partial charge is 0.101 e. The van der Waals surface area contributed by atoms with Crippen LogP contribution in [0.1, 0.15) is 5.56 Å². The Morgan fingerprint density at radius 2 is 2.20 bits per heavy atom. The molecule has 1 aliphatic rings. The molecule has 1 heterocycles. The zero-order chi connectivity index (χ0) is 14.4. The van der Waals surface area contributed by atoms with E-state index in [4.69, 9.17) is 10.00 Å². The van der Waals surface area contributed by atoms with E-state index < -0.39 is 6.10 Å². The third-order valence-corrected chi connectivity index (χ3v) is 3.70. The molecule has 1 saturated heterocycles. The van der Waals surface area contributed by atoms with E-state index in [1.807, 2.05) is 12.1 Å². The second kappa shape index (κ2) is 7.60. The highest BCUT2D eigenvalue weighted by molar-refractivity contribution is 9.10. The number of nitrogens with zero attached hydrogens (tertiary/aromatic N) is 2. The van der Waals surface area contributed by atoms with Crippen LogP contribution in [0.3, 0.4) is 0 Å². The number of aliphatic hydroxyl groups is 1. The van der Waals surface area contributed by atoms with Gasteiger partial charge in [-0.3, -0.25) is 4.90 Å². The molecule has 1 aromatic rings. The zero-order valence-electron chi connectivity index (χ0n) is 11.2. The summed E-state index contributed by atoms with van der Waals surface area (Å²) in [5.41, 5.74) is 1.31. The van der Waals surface area contributed by atoms with E-state index in [-0.39, 0.29) is 0 Å². The van der Waals surface area contributed by atoms with Crippen molar-refractivity contribution >= 4 is 21.6 Å². The minimum Gasteiger partial charge on any atom is -0.390 e. The summed E-state index contributed by atoms with van der Waals surface area (Å²) in [5.74, 6) is 0. The van der Waals surface area contributed by atoms with E-state index in [0.717, 1.165) is 36.5 Å². The Labute approximate surface area is 127 Å². The number of hydrogen-bond acceptors (Lipinski definition) is 5. The van der Waals surface area contributed by atoms with Gasteiger partial charge in [0, 0.05) is 30.7 Å². The minimum atomic E-state index is -0.469. The predicted octanol–water partition coefficient (Wildman–Crippen LogP) is 1.43. The molecule has 6 heteroatoms. The Morgan fingerprint density at radius 3 is 2.90 bits per heavy atom. The molecule has 1 aromatic carbocycles. The first-order valence-electron chi connectivity index (χ1n) is 6.60. The Bertz CT molecular complexity index is 484. The van der Waals surface area contributed by atoms with Gasteiger partial charge in [-0.2, -0.15) is 5.26 Å². The quantitative estimate of drug-likeness (QED) is 0.849. The molecular weight excluding hydrogens is 322 g/mol. The van der Waals surface area contributed by atoms with E-state index in [1.54, 1.807) is 6.07 Å². The molecule has 0 bridgehead atoms. The van der Waals surface area contributed by atoms with Crippen molar-refractivity contribution in [3.63, 3.8) is 0 Å². The van der Waals surface area contributed by atoms with Crippen molar-refractivity contribution in [3.05, 3.63) is 28.2 Å². The summed E-state index contributed by atoms with van der Waals surface area (Å²) in [6.45, 7) is 4.22. The van der Waals surface area contributed by atoms with Gasteiger partial charge in [-0.1, -0.05) is 15.9 Å². The molecule has 1 atom stereocenters. The first kappa shape index (κ1) is 15.3. The van der Waals surface area contributed by atoms with E-state index >= 15 is 0 Å². The summed E-state index contributed by atoms with van der Waals surface area (Å²) in [5, 5.41) is 22.2. The van der Waals surface area contributed by atoms with Crippen LogP contribution in [0.15, 0.2) is 22.7 Å². The summed E-state index contributed by atoms with van der Waals surface area (Å²) in [4.78, 5) is 2.18. The molecule has 0 spiro atoms.